The van der Waals surface area contributed by atoms with Gasteiger partial charge in [0.15, 0.2) is 0 Å². The zero-order valence-electron chi connectivity index (χ0n) is 17.4. The predicted octanol–water partition coefficient (Wildman–Crippen LogP) is 4.94. The van der Waals surface area contributed by atoms with Crippen LogP contribution in [0.1, 0.15) is 64.9 Å². The zero-order chi connectivity index (χ0) is 20.1. The van der Waals surface area contributed by atoms with E-state index in [0.717, 1.165) is 18.4 Å². The van der Waals surface area contributed by atoms with Gasteiger partial charge in [-0.3, -0.25) is 4.79 Å². The van der Waals surface area contributed by atoms with Gasteiger partial charge in [0, 0.05) is 12.6 Å². The summed E-state index contributed by atoms with van der Waals surface area (Å²) < 4.78 is 11.1. The van der Waals surface area contributed by atoms with Crippen LogP contribution in [0.2, 0.25) is 0 Å². The van der Waals surface area contributed by atoms with Crippen LogP contribution in [-0.4, -0.2) is 35.2 Å². The smallest absolute Gasteiger partial charge is 0.410 e. The highest BCUT2D eigenvalue weighted by molar-refractivity contribution is 5.73. The van der Waals surface area contributed by atoms with Gasteiger partial charge in [0.1, 0.15) is 12.2 Å². The van der Waals surface area contributed by atoms with Crippen LogP contribution in [-0.2, 0) is 20.9 Å². The third-order valence-electron chi connectivity index (χ3n) is 5.78. The summed E-state index contributed by atoms with van der Waals surface area (Å²) in [6.45, 7) is 6.55. The molecular formula is C23H33NO4. The highest BCUT2D eigenvalue weighted by Gasteiger charge is 2.40. The maximum atomic E-state index is 12.9. The molecule has 2 fully saturated rings. The number of nitrogens with zero attached hydrogens (tertiary/aromatic N) is 1. The zero-order valence-corrected chi connectivity index (χ0v) is 17.4. The minimum absolute atomic E-state index is 0.141. The molecule has 0 N–H and O–H groups in total. The second-order valence-corrected chi connectivity index (χ2v) is 9.18. The van der Waals surface area contributed by atoms with Gasteiger partial charge < -0.3 is 14.4 Å². The average molecular weight is 388 g/mol. The van der Waals surface area contributed by atoms with Gasteiger partial charge in [-0.1, -0.05) is 49.6 Å². The number of rotatable bonds is 4. The molecule has 1 aromatic rings. The Morgan fingerprint density at radius 2 is 1.75 bits per heavy atom. The number of hydrogen-bond donors (Lipinski definition) is 0. The Morgan fingerprint density at radius 3 is 2.43 bits per heavy atom. The van der Waals surface area contributed by atoms with Crippen molar-refractivity contribution in [2.45, 2.75) is 77.5 Å². The summed E-state index contributed by atoms with van der Waals surface area (Å²) in [7, 11) is 0. The summed E-state index contributed by atoms with van der Waals surface area (Å²) >= 11 is 0. The fraction of sp³-hybridized carbons (Fsp3) is 0.652. The second kappa shape index (κ2) is 8.97. The third-order valence-corrected chi connectivity index (χ3v) is 5.78. The molecule has 1 saturated carbocycles. The van der Waals surface area contributed by atoms with E-state index in [-0.39, 0.29) is 31.1 Å². The molecule has 1 aromatic carbocycles. The van der Waals surface area contributed by atoms with Crippen molar-refractivity contribution in [1.29, 1.82) is 0 Å². The van der Waals surface area contributed by atoms with E-state index in [1.54, 1.807) is 4.90 Å². The standard InChI is InChI=1S/C23H33NO4/c1-23(2,3)28-21(25)14-20-13-18-11-7-8-12-19(18)15-24(20)22(26)27-16-17-9-5-4-6-10-17/h4-6,9-10,18-20H,7-8,11-16H2,1-3H3. The van der Waals surface area contributed by atoms with Crippen molar-refractivity contribution < 1.29 is 19.1 Å². The molecule has 0 bridgehead atoms. The summed E-state index contributed by atoms with van der Waals surface area (Å²) in [6, 6.07) is 9.55. The minimum atomic E-state index is -0.516. The van der Waals surface area contributed by atoms with Gasteiger partial charge in [-0.2, -0.15) is 0 Å². The Morgan fingerprint density at radius 1 is 1.07 bits per heavy atom. The molecule has 1 amide bonds. The van der Waals surface area contributed by atoms with Gasteiger partial charge >= 0.3 is 12.1 Å². The summed E-state index contributed by atoms with van der Waals surface area (Å²) in [5.74, 6) is 0.875. The van der Waals surface area contributed by atoms with Crippen LogP contribution < -0.4 is 0 Å². The van der Waals surface area contributed by atoms with Crippen molar-refractivity contribution in [3.05, 3.63) is 35.9 Å². The molecule has 154 valence electrons. The number of amides is 1. The first-order valence-corrected chi connectivity index (χ1v) is 10.5. The molecule has 1 aliphatic carbocycles. The summed E-state index contributed by atoms with van der Waals surface area (Å²) in [4.78, 5) is 27.1. The normalized spacial score (nSPS) is 25.0. The van der Waals surface area contributed by atoms with Crippen LogP contribution in [0.25, 0.3) is 0 Å². The van der Waals surface area contributed by atoms with E-state index in [9.17, 15) is 9.59 Å². The number of benzene rings is 1. The molecule has 1 saturated heterocycles. The number of fused-ring (bicyclic) bond motifs is 1. The minimum Gasteiger partial charge on any atom is -0.460 e. The molecule has 1 aliphatic heterocycles. The van der Waals surface area contributed by atoms with E-state index in [2.05, 4.69) is 0 Å². The first-order chi connectivity index (χ1) is 13.3. The first kappa shape index (κ1) is 20.7. The van der Waals surface area contributed by atoms with Gasteiger partial charge in [-0.15, -0.1) is 0 Å². The van der Waals surface area contributed by atoms with Crippen molar-refractivity contribution in [3.63, 3.8) is 0 Å². The molecule has 0 aromatic heterocycles. The largest absolute Gasteiger partial charge is 0.460 e. The van der Waals surface area contributed by atoms with Gasteiger partial charge in [-0.05, 0) is 51.0 Å². The summed E-state index contributed by atoms with van der Waals surface area (Å²) in [6.07, 6.45) is 5.62. The Balaban J connectivity index is 1.66. The lowest BCUT2D eigenvalue weighted by Crippen LogP contribution is -2.52. The molecule has 2 aliphatic rings. The number of piperidine rings is 1. The van der Waals surface area contributed by atoms with E-state index in [1.165, 1.54) is 19.3 Å². The highest BCUT2D eigenvalue weighted by Crippen LogP contribution is 2.39. The van der Waals surface area contributed by atoms with Crippen LogP contribution in [0.15, 0.2) is 30.3 Å². The number of carbonyl (C=O) groups is 2. The Hall–Kier alpha value is -2.04. The summed E-state index contributed by atoms with van der Waals surface area (Å²) in [5.41, 5.74) is 0.449. The van der Waals surface area contributed by atoms with E-state index in [1.807, 2.05) is 51.1 Å². The molecule has 3 rings (SSSR count). The Kier molecular flexibility index (Phi) is 6.63. The number of esters is 1. The Bertz CT molecular complexity index is 667. The third kappa shape index (κ3) is 5.73. The first-order valence-electron chi connectivity index (χ1n) is 10.5. The SMILES string of the molecule is CC(C)(C)OC(=O)CC1CC2CCCCC2CN1C(=O)OCc1ccccc1. The molecule has 0 spiro atoms. The summed E-state index contributed by atoms with van der Waals surface area (Å²) in [5, 5.41) is 0. The van der Waals surface area contributed by atoms with E-state index in [0.29, 0.717) is 18.4 Å². The van der Waals surface area contributed by atoms with Gasteiger partial charge in [0.25, 0.3) is 0 Å². The van der Waals surface area contributed by atoms with Crippen molar-refractivity contribution >= 4 is 12.1 Å². The van der Waals surface area contributed by atoms with Crippen molar-refractivity contribution in [2.75, 3.05) is 6.54 Å². The number of carbonyl (C=O) groups excluding carboxylic acids is 2. The maximum absolute atomic E-state index is 12.9. The molecule has 3 unspecified atom stereocenters. The van der Waals surface area contributed by atoms with Crippen LogP contribution >= 0.6 is 0 Å². The van der Waals surface area contributed by atoms with Gasteiger partial charge in [0.2, 0.25) is 0 Å². The maximum Gasteiger partial charge on any atom is 0.410 e. The van der Waals surface area contributed by atoms with Crippen LogP contribution in [0.4, 0.5) is 4.79 Å². The average Bonchev–Trinajstić information content (AvgIpc) is 2.65. The highest BCUT2D eigenvalue weighted by atomic mass is 16.6. The lowest BCUT2D eigenvalue weighted by molar-refractivity contribution is -0.156. The predicted molar refractivity (Wildman–Crippen MR) is 108 cm³/mol. The van der Waals surface area contributed by atoms with Crippen LogP contribution in [0.3, 0.4) is 0 Å². The fourth-order valence-electron chi connectivity index (χ4n) is 4.51. The van der Waals surface area contributed by atoms with Crippen molar-refractivity contribution in [2.24, 2.45) is 11.8 Å². The molecule has 28 heavy (non-hydrogen) atoms. The number of likely N-dealkylation sites (tertiary alicyclic amines) is 1. The lowest BCUT2D eigenvalue weighted by atomic mass is 9.72. The lowest BCUT2D eigenvalue weighted by Gasteiger charge is -2.45. The quantitative estimate of drug-likeness (QED) is 0.687. The van der Waals surface area contributed by atoms with E-state index < -0.39 is 5.60 Å². The molecule has 3 atom stereocenters. The topological polar surface area (TPSA) is 55.8 Å². The molecule has 5 heteroatoms. The second-order valence-electron chi connectivity index (χ2n) is 9.18. The van der Waals surface area contributed by atoms with Gasteiger partial charge in [-0.25, -0.2) is 4.79 Å². The van der Waals surface area contributed by atoms with Crippen LogP contribution in [0.5, 0.6) is 0 Å². The molecule has 0 radical (unpaired) electrons. The molecule has 5 nitrogen and oxygen atoms in total. The van der Waals surface area contributed by atoms with Crippen LogP contribution in [0, 0.1) is 11.8 Å². The van der Waals surface area contributed by atoms with E-state index >= 15 is 0 Å². The van der Waals surface area contributed by atoms with Crippen molar-refractivity contribution in [3.8, 4) is 0 Å². The van der Waals surface area contributed by atoms with E-state index in [4.69, 9.17) is 9.47 Å². The molecule has 1 heterocycles. The molecular weight excluding hydrogens is 354 g/mol. The number of ether oxygens (including phenoxy) is 2. The monoisotopic (exact) mass is 387 g/mol. The van der Waals surface area contributed by atoms with Gasteiger partial charge in [0.05, 0.1) is 6.42 Å². The van der Waals surface area contributed by atoms with Crippen molar-refractivity contribution in [1.82, 2.24) is 4.90 Å². The number of hydrogen-bond acceptors (Lipinski definition) is 4. The Labute approximate surface area is 168 Å². The fourth-order valence-corrected chi connectivity index (χ4v) is 4.51.